The van der Waals surface area contributed by atoms with Gasteiger partial charge in [0.2, 0.25) is 0 Å². The van der Waals surface area contributed by atoms with Gasteiger partial charge >= 0.3 is 10.1 Å². The number of aryl methyl sites for hydroxylation is 3. The number of hydrogen-bond acceptors (Lipinski definition) is 5. The van der Waals surface area contributed by atoms with E-state index in [1.165, 1.54) is 0 Å². The lowest BCUT2D eigenvalue weighted by atomic mass is 9.95. The van der Waals surface area contributed by atoms with Crippen LogP contribution in [0.15, 0.2) is 23.0 Å². The third-order valence-electron chi connectivity index (χ3n) is 5.61. The van der Waals surface area contributed by atoms with Crippen molar-refractivity contribution in [2.24, 2.45) is 7.05 Å². The van der Waals surface area contributed by atoms with Crippen LogP contribution < -0.4 is 9.74 Å². The topological polar surface area (TPSA) is 82.7 Å². The molecular weight excluding hydrogens is 402 g/mol. The minimum atomic E-state index is -3.62. The Balaban J connectivity index is 2.27. The van der Waals surface area contributed by atoms with Crippen LogP contribution in [0.25, 0.3) is 16.9 Å². The molecule has 0 amide bonds. The third-order valence-corrected chi connectivity index (χ3v) is 6.10. The van der Waals surface area contributed by atoms with E-state index < -0.39 is 10.1 Å². The largest absolute Gasteiger partial charge is 0.383 e. The van der Waals surface area contributed by atoms with Crippen molar-refractivity contribution in [3.8, 4) is 17.1 Å². The van der Waals surface area contributed by atoms with E-state index in [9.17, 15) is 13.2 Å². The molecule has 3 aromatic rings. The van der Waals surface area contributed by atoms with Gasteiger partial charge in [-0.25, -0.2) is 4.52 Å². The Morgan fingerprint density at radius 1 is 1.07 bits per heavy atom. The fourth-order valence-corrected chi connectivity index (χ4v) is 4.62. The molecule has 0 unspecified atom stereocenters. The van der Waals surface area contributed by atoms with Gasteiger partial charge in [-0.2, -0.15) is 8.42 Å². The molecule has 0 aliphatic carbocycles. The molecule has 0 fully saturated rings. The molecular formula is C22H29N3O4S. The first-order valence-corrected chi connectivity index (χ1v) is 11.9. The van der Waals surface area contributed by atoms with Crippen molar-refractivity contribution < 1.29 is 12.6 Å². The van der Waals surface area contributed by atoms with Crippen LogP contribution in [0.3, 0.4) is 0 Å². The molecule has 0 saturated carbocycles. The molecule has 0 bridgehead atoms. The van der Waals surface area contributed by atoms with Crippen LogP contribution in [0, 0.1) is 20.8 Å². The summed E-state index contributed by atoms with van der Waals surface area (Å²) in [5.74, 6) is 1.09. The number of hydrogen-bond donors (Lipinski definition) is 0. The van der Waals surface area contributed by atoms with Gasteiger partial charge in [0.05, 0.1) is 6.26 Å². The zero-order chi connectivity index (χ0) is 22.4. The van der Waals surface area contributed by atoms with Gasteiger partial charge in [-0.3, -0.25) is 9.36 Å². The predicted octanol–water partition coefficient (Wildman–Crippen LogP) is 3.87. The van der Waals surface area contributed by atoms with Crippen molar-refractivity contribution in [2.45, 2.75) is 53.4 Å². The van der Waals surface area contributed by atoms with Gasteiger partial charge < -0.3 is 4.18 Å². The molecule has 0 aliphatic rings. The van der Waals surface area contributed by atoms with E-state index in [-0.39, 0.29) is 11.3 Å². The van der Waals surface area contributed by atoms with Crippen LogP contribution in [0.5, 0.6) is 5.75 Å². The molecule has 0 aliphatic heterocycles. The summed E-state index contributed by atoms with van der Waals surface area (Å²) in [4.78, 5) is 13.4. The van der Waals surface area contributed by atoms with Gasteiger partial charge in [0, 0.05) is 18.3 Å². The Kier molecular flexibility index (Phi) is 5.82. The second kappa shape index (κ2) is 7.91. The lowest BCUT2D eigenvalue weighted by Gasteiger charge is -2.16. The predicted molar refractivity (Wildman–Crippen MR) is 119 cm³/mol. The molecule has 0 atom stereocenters. The van der Waals surface area contributed by atoms with E-state index in [4.69, 9.17) is 9.28 Å². The van der Waals surface area contributed by atoms with Gasteiger partial charge in [-0.05, 0) is 74.4 Å². The number of nitrogens with zero attached hydrogens (tertiary/aromatic N) is 3. The second-order valence-electron chi connectivity index (χ2n) is 7.92. The second-order valence-corrected chi connectivity index (χ2v) is 9.50. The highest BCUT2D eigenvalue weighted by Crippen LogP contribution is 2.32. The fourth-order valence-electron chi connectivity index (χ4n) is 4.17. The van der Waals surface area contributed by atoms with Crippen LogP contribution in [0.1, 0.15) is 55.0 Å². The summed E-state index contributed by atoms with van der Waals surface area (Å²) < 4.78 is 31.3. The van der Waals surface area contributed by atoms with E-state index in [0.29, 0.717) is 17.3 Å². The molecule has 2 heterocycles. The lowest BCUT2D eigenvalue weighted by molar-refractivity contribution is 0.492. The molecule has 7 nitrogen and oxygen atoms in total. The summed E-state index contributed by atoms with van der Waals surface area (Å²) in [6, 6.07) is 5.36. The van der Waals surface area contributed by atoms with Gasteiger partial charge in [0.25, 0.3) is 5.56 Å². The zero-order valence-electron chi connectivity index (χ0n) is 18.6. The number of benzene rings is 1. The summed E-state index contributed by atoms with van der Waals surface area (Å²) >= 11 is 0. The zero-order valence-corrected chi connectivity index (χ0v) is 19.4. The highest BCUT2D eigenvalue weighted by Gasteiger charge is 2.22. The Morgan fingerprint density at radius 3 is 2.13 bits per heavy atom. The van der Waals surface area contributed by atoms with Gasteiger partial charge in [-0.15, -0.1) is 5.10 Å². The summed E-state index contributed by atoms with van der Waals surface area (Å²) in [7, 11) is -1.90. The quantitative estimate of drug-likeness (QED) is 0.554. The van der Waals surface area contributed by atoms with Crippen LogP contribution in [-0.2, 0) is 17.2 Å². The number of aromatic nitrogens is 3. The first-order valence-electron chi connectivity index (χ1n) is 10.1. The van der Waals surface area contributed by atoms with E-state index in [1.54, 1.807) is 28.3 Å². The highest BCUT2D eigenvalue weighted by atomic mass is 32.2. The minimum Gasteiger partial charge on any atom is -0.383 e. The van der Waals surface area contributed by atoms with Crippen LogP contribution in [0.2, 0.25) is 0 Å². The molecule has 0 spiro atoms. The molecule has 8 heteroatoms. The molecule has 3 rings (SSSR count). The average Bonchev–Trinajstić information content (AvgIpc) is 2.95. The maximum absolute atomic E-state index is 13.4. The van der Waals surface area contributed by atoms with Crippen LogP contribution in [-0.4, -0.2) is 28.9 Å². The van der Waals surface area contributed by atoms with E-state index in [0.717, 1.165) is 47.0 Å². The summed E-state index contributed by atoms with van der Waals surface area (Å²) in [5, 5.41) is 4.82. The maximum atomic E-state index is 13.4. The number of fused-ring (bicyclic) bond motifs is 1. The molecule has 0 radical (unpaired) electrons. The van der Waals surface area contributed by atoms with E-state index >= 15 is 0 Å². The van der Waals surface area contributed by atoms with Gasteiger partial charge in [0.1, 0.15) is 11.3 Å². The Hall–Kier alpha value is -2.61. The Labute approximate surface area is 177 Å². The molecule has 30 heavy (non-hydrogen) atoms. The summed E-state index contributed by atoms with van der Waals surface area (Å²) in [6.45, 7) is 9.92. The number of rotatable bonds is 6. The monoisotopic (exact) mass is 431 g/mol. The van der Waals surface area contributed by atoms with Crippen molar-refractivity contribution >= 4 is 15.6 Å². The standard InChI is InChI=1S/C22H29N3O4S/c1-8-16(9-2)18-12-15(5)25-20(18)22(26)24(6)21(23-25)19-13(3)10-17(11-14(19)4)29-30(7,27)28/h10-12,16H,8-9H2,1-7H3. The molecule has 0 saturated heterocycles. The van der Waals surface area contributed by atoms with E-state index in [2.05, 4.69) is 19.9 Å². The van der Waals surface area contributed by atoms with Crippen molar-refractivity contribution in [3.05, 3.63) is 50.9 Å². The fraction of sp³-hybridized carbons (Fsp3) is 0.455. The van der Waals surface area contributed by atoms with E-state index in [1.807, 2.05) is 20.8 Å². The van der Waals surface area contributed by atoms with Crippen molar-refractivity contribution in [1.82, 2.24) is 14.2 Å². The lowest BCUT2D eigenvalue weighted by Crippen LogP contribution is -2.25. The third kappa shape index (κ3) is 3.88. The Morgan fingerprint density at radius 2 is 1.63 bits per heavy atom. The average molecular weight is 432 g/mol. The highest BCUT2D eigenvalue weighted by molar-refractivity contribution is 7.86. The van der Waals surface area contributed by atoms with Crippen LogP contribution in [0.4, 0.5) is 0 Å². The molecule has 1 aromatic carbocycles. The van der Waals surface area contributed by atoms with Gasteiger partial charge in [0.15, 0.2) is 5.82 Å². The molecule has 0 N–H and O–H groups in total. The Bertz CT molecular complexity index is 1260. The van der Waals surface area contributed by atoms with Crippen molar-refractivity contribution in [3.63, 3.8) is 0 Å². The summed E-state index contributed by atoms with van der Waals surface area (Å²) in [6.07, 6.45) is 2.93. The normalized spacial score (nSPS) is 12.1. The SMILES string of the molecule is CCC(CC)c1cc(C)n2nc(-c3c(C)cc(OS(C)(=O)=O)cc3C)n(C)c(=O)c12. The summed E-state index contributed by atoms with van der Waals surface area (Å²) in [5.41, 5.74) is 4.83. The van der Waals surface area contributed by atoms with Crippen LogP contribution >= 0.6 is 0 Å². The van der Waals surface area contributed by atoms with Crippen molar-refractivity contribution in [2.75, 3.05) is 6.26 Å². The first kappa shape index (κ1) is 22.1. The maximum Gasteiger partial charge on any atom is 0.306 e. The van der Waals surface area contributed by atoms with Crippen molar-refractivity contribution in [1.29, 1.82) is 0 Å². The first-order chi connectivity index (χ1) is 14.0. The minimum absolute atomic E-state index is 0.0923. The smallest absolute Gasteiger partial charge is 0.306 e. The molecule has 2 aromatic heterocycles. The van der Waals surface area contributed by atoms with Gasteiger partial charge in [-0.1, -0.05) is 13.8 Å². The molecule has 162 valence electrons.